The average molecular weight is 378 g/mol. The van der Waals surface area contributed by atoms with Crippen molar-refractivity contribution < 1.29 is 4.79 Å². The van der Waals surface area contributed by atoms with E-state index in [1.165, 1.54) is 19.3 Å². The largest absolute Gasteiger partial charge is 0.356 e. The van der Waals surface area contributed by atoms with Gasteiger partial charge in [0, 0.05) is 25.2 Å². The van der Waals surface area contributed by atoms with Gasteiger partial charge in [0.2, 0.25) is 0 Å². The Morgan fingerprint density at radius 3 is 2.57 bits per heavy atom. The number of aryl methyl sites for hydroxylation is 2. The molecule has 1 fully saturated rings. The Morgan fingerprint density at radius 1 is 1.07 bits per heavy atom. The third-order valence-corrected chi connectivity index (χ3v) is 5.16. The number of carbonyl (C=O) groups is 1. The molecule has 1 aliphatic heterocycles. The van der Waals surface area contributed by atoms with Crippen LogP contribution in [0, 0.1) is 13.8 Å². The molecule has 4 rings (SSSR count). The van der Waals surface area contributed by atoms with Crippen LogP contribution >= 0.6 is 0 Å². The minimum Gasteiger partial charge on any atom is -0.356 e. The van der Waals surface area contributed by atoms with Crippen molar-refractivity contribution in [2.45, 2.75) is 39.7 Å². The summed E-state index contributed by atoms with van der Waals surface area (Å²) >= 11 is 0. The van der Waals surface area contributed by atoms with Crippen LogP contribution in [0.15, 0.2) is 30.7 Å². The first-order valence-corrected chi connectivity index (χ1v) is 9.90. The first-order valence-electron chi connectivity index (χ1n) is 9.90. The van der Waals surface area contributed by atoms with E-state index < -0.39 is 0 Å². The molecule has 0 radical (unpaired) electrons. The molecule has 2 aromatic heterocycles. The van der Waals surface area contributed by atoms with Crippen LogP contribution in [0.3, 0.4) is 0 Å². The van der Waals surface area contributed by atoms with Crippen molar-refractivity contribution in [3.63, 3.8) is 0 Å². The zero-order valence-corrected chi connectivity index (χ0v) is 16.5. The number of nitrogens with zero attached hydrogens (tertiary/aromatic N) is 5. The molecule has 1 aliphatic rings. The summed E-state index contributed by atoms with van der Waals surface area (Å²) in [7, 11) is 0. The number of anilines is 1. The van der Waals surface area contributed by atoms with E-state index in [9.17, 15) is 4.79 Å². The topological polar surface area (TPSA) is 75.9 Å². The first-order chi connectivity index (χ1) is 13.6. The van der Waals surface area contributed by atoms with Gasteiger partial charge in [0.1, 0.15) is 12.1 Å². The smallest absolute Gasteiger partial charge is 0.251 e. The van der Waals surface area contributed by atoms with Gasteiger partial charge in [-0.05, 0) is 45.2 Å². The molecule has 0 spiro atoms. The number of fused-ring (bicyclic) bond motifs is 1. The summed E-state index contributed by atoms with van der Waals surface area (Å²) in [6.45, 7) is 7.12. The summed E-state index contributed by atoms with van der Waals surface area (Å²) in [5, 5.41) is 8.44. The number of rotatable bonds is 5. The lowest BCUT2D eigenvalue weighted by Gasteiger charge is -2.27. The van der Waals surface area contributed by atoms with Crippen molar-refractivity contribution >= 4 is 22.8 Å². The van der Waals surface area contributed by atoms with Crippen molar-refractivity contribution in [1.29, 1.82) is 0 Å². The maximum absolute atomic E-state index is 12.4. The zero-order valence-electron chi connectivity index (χ0n) is 16.5. The van der Waals surface area contributed by atoms with Gasteiger partial charge in [-0.15, -0.1) is 0 Å². The molecule has 1 N–H and O–H groups in total. The number of piperidine rings is 1. The number of amides is 1. The summed E-state index contributed by atoms with van der Waals surface area (Å²) in [5.74, 6) is 0.905. The molecule has 0 aliphatic carbocycles. The van der Waals surface area contributed by atoms with Crippen molar-refractivity contribution in [1.82, 2.24) is 25.1 Å². The van der Waals surface area contributed by atoms with Gasteiger partial charge in [-0.25, -0.2) is 14.6 Å². The predicted molar refractivity (Wildman–Crippen MR) is 110 cm³/mol. The second kappa shape index (κ2) is 7.96. The van der Waals surface area contributed by atoms with Crippen LogP contribution in [0.1, 0.15) is 40.7 Å². The Bertz CT molecular complexity index is 969. The zero-order chi connectivity index (χ0) is 19.5. The van der Waals surface area contributed by atoms with Crippen LogP contribution < -0.4 is 10.2 Å². The molecule has 7 nitrogen and oxygen atoms in total. The number of benzene rings is 1. The summed E-state index contributed by atoms with van der Waals surface area (Å²) in [6.07, 6.45) is 7.13. The van der Waals surface area contributed by atoms with Crippen LogP contribution in [-0.4, -0.2) is 45.3 Å². The minimum atomic E-state index is -0.0631. The van der Waals surface area contributed by atoms with Gasteiger partial charge in [-0.3, -0.25) is 4.79 Å². The summed E-state index contributed by atoms with van der Waals surface area (Å²) in [6, 6.07) is 5.87. The molecule has 7 heteroatoms. The van der Waals surface area contributed by atoms with E-state index in [4.69, 9.17) is 0 Å². The monoisotopic (exact) mass is 378 g/mol. The number of carbonyl (C=O) groups excluding carboxylic acids is 1. The number of aromatic nitrogens is 4. The highest BCUT2D eigenvalue weighted by molar-refractivity contribution is 5.94. The Labute approximate surface area is 164 Å². The molecular formula is C21H26N6O. The summed E-state index contributed by atoms with van der Waals surface area (Å²) < 4.78 is 1.84. The highest BCUT2D eigenvalue weighted by Gasteiger charge is 2.17. The van der Waals surface area contributed by atoms with Gasteiger partial charge in [-0.1, -0.05) is 17.2 Å². The number of nitrogens with one attached hydrogen (secondary N) is 1. The van der Waals surface area contributed by atoms with Gasteiger partial charge in [-0.2, -0.15) is 5.10 Å². The minimum absolute atomic E-state index is 0.0631. The lowest BCUT2D eigenvalue weighted by Crippen LogP contribution is -2.30. The quantitative estimate of drug-likeness (QED) is 0.739. The van der Waals surface area contributed by atoms with Crippen molar-refractivity contribution in [3.8, 4) is 0 Å². The standard InChI is InChI=1S/C21H26N6O/c1-15-10-16(2)12-17(11-15)21(28)22-6-9-27-20-18(13-25-27)19(23-14-24-20)26-7-4-3-5-8-26/h10-14H,3-9H2,1-2H3,(H,22,28). The molecule has 3 aromatic rings. The van der Waals surface area contributed by atoms with Crippen molar-refractivity contribution in [2.24, 2.45) is 0 Å². The number of hydrogen-bond acceptors (Lipinski definition) is 5. The molecule has 28 heavy (non-hydrogen) atoms. The van der Waals surface area contributed by atoms with Crippen LogP contribution in [0.4, 0.5) is 5.82 Å². The maximum Gasteiger partial charge on any atom is 0.251 e. The van der Waals surface area contributed by atoms with Gasteiger partial charge in [0.25, 0.3) is 5.91 Å². The molecule has 3 heterocycles. The molecule has 1 saturated heterocycles. The van der Waals surface area contributed by atoms with E-state index in [2.05, 4.69) is 31.3 Å². The maximum atomic E-state index is 12.4. The van der Waals surface area contributed by atoms with E-state index >= 15 is 0 Å². The third kappa shape index (κ3) is 3.83. The lowest BCUT2D eigenvalue weighted by atomic mass is 10.1. The van der Waals surface area contributed by atoms with E-state index in [0.717, 1.165) is 41.1 Å². The third-order valence-electron chi connectivity index (χ3n) is 5.16. The van der Waals surface area contributed by atoms with E-state index in [1.807, 2.05) is 36.9 Å². The molecule has 0 saturated carbocycles. The molecule has 0 bridgehead atoms. The van der Waals surface area contributed by atoms with Gasteiger partial charge < -0.3 is 10.2 Å². The Morgan fingerprint density at radius 2 is 1.82 bits per heavy atom. The van der Waals surface area contributed by atoms with Crippen LogP contribution in [0.5, 0.6) is 0 Å². The summed E-state index contributed by atoms with van der Waals surface area (Å²) in [5.41, 5.74) is 3.68. The second-order valence-electron chi connectivity index (χ2n) is 7.48. The normalized spacial score (nSPS) is 14.4. The molecule has 146 valence electrons. The van der Waals surface area contributed by atoms with Gasteiger partial charge in [0.15, 0.2) is 5.65 Å². The average Bonchev–Trinajstić information content (AvgIpc) is 3.11. The van der Waals surface area contributed by atoms with Gasteiger partial charge in [0.05, 0.1) is 18.1 Å². The van der Waals surface area contributed by atoms with Crippen LogP contribution in [-0.2, 0) is 6.54 Å². The fraction of sp³-hybridized carbons (Fsp3) is 0.429. The van der Waals surface area contributed by atoms with Crippen LogP contribution in [0.2, 0.25) is 0 Å². The molecular weight excluding hydrogens is 352 g/mol. The fourth-order valence-corrected chi connectivity index (χ4v) is 3.89. The fourth-order valence-electron chi connectivity index (χ4n) is 3.89. The van der Waals surface area contributed by atoms with E-state index in [0.29, 0.717) is 18.7 Å². The highest BCUT2D eigenvalue weighted by Crippen LogP contribution is 2.25. The van der Waals surface area contributed by atoms with Crippen molar-refractivity contribution in [2.75, 3.05) is 24.5 Å². The van der Waals surface area contributed by atoms with E-state index in [1.54, 1.807) is 6.33 Å². The SMILES string of the molecule is Cc1cc(C)cc(C(=O)NCCn2ncc3c(N4CCCCC4)ncnc32)c1. The first kappa shape index (κ1) is 18.4. The molecule has 1 aromatic carbocycles. The van der Waals surface area contributed by atoms with Crippen molar-refractivity contribution in [3.05, 3.63) is 47.4 Å². The molecule has 0 unspecified atom stereocenters. The Kier molecular flexibility index (Phi) is 5.23. The predicted octanol–water partition coefficient (Wildman–Crippen LogP) is 2.86. The number of hydrogen-bond donors (Lipinski definition) is 1. The second-order valence-corrected chi connectivity index (χ2v) is 7.48. The van der Waals surface area contributed by atoms with Gasteiger partial charge >= 0.3 is 0 Å². The van der Waals surface area contributed by atoms with E-state index in [-0.39, 0.29) is 5.91 Å². The molecule has 0 atom stereocenters. The Hall–Kier alpha value is -2.96. The highest BCUT2D eigenvalue weighted by atomic mass is 16.1. The molecule has 1 amide bonds. The Balaban J connectivity index is 1.44. The lowest BCUT2D eigenvalue weighted by molar-refractivity contribution is 0.0952. The van der Waals surface area contributed by atoms with Crippen LogP contribution in [0.25, 0.3) is 11.0 Å². The summed E-state index contributed by atoms with van der Waals surface area (Å²) in [4.78, 5) is 23.7.